The molecule has 2 N–H and O–H groups in total. The van der Waals surface area contributed by atoms with Crippen molar-refractivity contribution in [3.05, 3.63) is 12.2 Å². The van der Waals surface area contributed by atoms with Gasteiger partial charge in [-0.25, -0.2) is 0 Å². The second-order valence-corrected chi connectivity index (χ2v) is 4.11. The zero-order valence-corrected chi connectivity index (χ0v) is 8.94. The summed E-state index contributed by atoms with van der Waals surface area (Å²) in [5.41, 5.74) is 1.05. The van der Waals surface area contributed by atoms with Crippen molar-refractivity contribution in [2.45, 2.75) is 38.6 Å². The molecule has 0 unspecified atom stereocenters. The van der Waals surface area contributed by atoms with Crippen molar-refractivity contribution in [2.75, 3.05) is 13.1 Å². The Hall–Kier alpha value is -0.830. The van der Waals surface area contributed by atoms with Gasteiger partial charge in [-0.3, -0.25) is 4.79 Å². The van der Waals surface area contributed by atoms with E-state index in [9.17, 15) is 4.79 Å². The molecule has 0 aromatic rings. The van der Waals surface area contributed by atoms with Gasteiger partial charge in [0.05, 0.1) is 6.54 Å². The van der Waals surface area contributed by atoms with E-state index in [0.29, 0.717) is 12.6 Å². The maximum atomic E-state index is 11.4. The Bertz CT molecular complexity index is 207. The van der Waals surface area contributed by atoms with Crippen LogP contribution in [0.4, 0.5) is 0 Å². The van der Waals surface area contributed by atoms with Crippen LogP contribution in [0.3, 0.4) is 0 Å². The molecule has 0 bridgehead atoms. The van der Waals surface area contributed by atoms with Crippen molar-refractivity contribution >= 4 is 5.91 Å². The second kappa shape index (κ2) is 5.81. The number of carbonyl (C=O) groups excluding carboxylic acids is 1. The lowest BCUT2D eigenvalue weighted by Crippen LogP contribution is -2.39. The minimum absolute atomic E-state index is 0.109. The zero-order chi connectivity index (χ0) is 10.4. The molecular weight excluding hydrogens is 176 g/mol. The topological polar surface area (TPSA) is 41.1 Å². The Labute approximate surface area is 86.0 Å². The zero-order valence-electron chi connectivity index (χ0n) is 8.94. The van der Waals surface area contributed by atoms with Gasteiger partial charge in [-0.1, -0.05) is 25.0 Å². The molecule has 0 spiro atoms. The van der Waals surface area contributed by atoms with Crippen LogP contribution in [0.1, 0.15) is 32.6 Å². The first-order valence-electron chi connectivity index (χ1n) is 5.33. The van der Waals surface area contributed by atoms with Gasteiger partial charge in [-0.05, 0) is 19.8 Å². The molecule has 0 aromatic carbocycles. The summed E-state index contributed by atoms with van der Waals surface area (Å²) in [6, 6.07) is 0.425. The summed E-state index contributed by atoms with van der Waals surface area (Å²) in [4.78, 5) is 11.4. The molecule has 14 heavy (non-hydrogen) atoms. The molecule has 3 heteroatoms. The molecule has 0 radical (unpaired) electrons. The summed E-state index contributed by atoms with van der Waals surface area (Å²) >= 11 is 0. The fraction of sp³-hybridized carbons (Fsp3) is 0.727. The summed E-state index contributed by atoms with van der Waals surface area (Å²) in [7, 11) is 0. The minimum Gasteiger partial charge on any atom is -0.352 e. The normalized spacial score (nSPS) is 16.9. The molecule has 1 saturated carbocycles. The maximum absolute atomic E-state index is 11.4. The third kappa shape index (κ3) is 4.42. The molecule has 1 aliphatic carbocycles. The monoisotopic (exact) mass is 196 g/mol. The first kappa shape index (κ1) is 11.2. The van der Waals surface area contributed by atoms with Gasteiger partial charge in [0.1, 0.15) is 0 Å². The van der Waals surface area contributed by atoms with Crippen LogP contribution in [0.25, 0.3) is 0 Å². The highest BCUT2D eigenvalue weighted by molar-refractivity contribution is 5.78. The summed E-state index contributed by atoms with van der Waals surface area (Å²) in [6.07, 6.45) is 4.80. The van der Waals surface area contributed by atoms with Gasteiger partial charge in [-0.15, -0.1) is 0 Å². The van der Waals surface area contributed by atoms with E-state index in [1.54, 1.807) is 0 Å². The van der Waals surface area contributed by atoms with Crippen LogP contribution >= 0.6 is 0 Å². The number of rotatable bonds is 5. The van der Waals surface area contributed by atoms with Gasteiger partial charge in [0.2, 0.25) is 5.91 Å². The van der Waals surface area contributed by atoms with Crippen LogP contribution in [0, 0.1) is 0 Å². The van der Waals surface area contributed by atoms with Crippen molar-refractivity contribution in [1.82, 2.24) is 10.6 Å². The Balaban J connectivity index is 2.06. The van der Waals surface area contributed by atoms with E-state index in [0.717, 1.165) is 25.0 Å². The molecule has 0 aromatic heterocycles. The standard InChI is InChI=1S/C11H20N2O/c1-9(2)7-12-8-11(14)13-10-5-3-4-6-10/h10,12H,1,3-8H2,2H3,(H,13,14). The molecule has 3 nitrogen and oxygen atoms in total. The average molecular weight is 196 g/mol. The number of carbonyl (C=O) groups is 1. The van der Waals surface area contributed by atoms with Gasteiger partial charge in [0.25, 0.3) is 0 Å². The Morgan fingerprint density at radius 1 is 1.36 bits per heavy atom. The SMILES string of the molecule is C=C(C)CNCC(=O)NC1CCCC1. The maximum Gasteiger partial charge on any atom is 0.234 e. The summed E-state index contributed by atoms with van der Waals surface area (Å²) in [5, 5.41) is 6.07. The quantitative estimate of drug-likeness (QED) is 0.649. The Morgan fingerprint density at radius 3 is 2.57 bits per heavy atom. The highest BCUT2D eigenvalue weighted by Crippen LogP contribution is 2.17. The molecule has 0 atom stereocenters. The molecular formula is C11H20N2O. The Morgan fingerprint density at radius 2 is 2.00 bits per heavy atom. The van der Waals surface area contributed by atoms with E-state index in [1.165, 1.54) is 12.8 Å². The van der Waals surface area contributed by atoms with Gasteiger partial charge >= 0.3 is 0 Å². The molecule has 1 rings (SSSR count). The van der Waals surface area contributed by atoms with Crippen LogP contribution in [0.5, 0.6) is 0 Å². The van der Waals surface area contributed by atoms with E-state index in [1.807, 2.05) is 6.92 Å². The summed E-state index contributed by atoms with van der Waals surface area (Å²) < 4.78 is 0. The van der Waals surface area contributed by atoms with Crippen LogP contribution in [0.2, 0.25) is 0 Å². The predicted octanol–water partition coefficient (Wildman–Crippen LogP) is 1.21. The van der Waals surface area contributed by atoms with Gasteiger partial charge in [-0.2, -0.15) is 0 Å². The molecule has 0 aliphatic heterocycles. The first-order chi connectivity index (χ1) is 6.68. The molecule has 1 fully saturated rings. The van der Waals surface area contributed by atoms with Gasteiger partial charge < -0.3 is 10.6 Å². The highest BCUT2D eigenvalue weighted by Gasteiger charge is 2.16. The van der Waals surface area contributed by atoms with E-state index in [-0.39, 0.29) is 5.91 Å². The van der Waals surface area contributed by atoms with E-state index in [4.69, 9.17) is 0 Å². The lowest BCUT2D eigenvalue weighted by atomic mass is 10.2. The van der Waals surface area contributed by atoms with Crippen LogP contribution < -0.4 is 10.6 Å². The number of amides is 1. The smallest absolute Gasteiger partial charge is 0.234 e. The van der Waals surface area contributed by atoms with Crippen LogP contribution in [-0.4, -0.2) is 25.0 Å². The minimum atomic E-state index is 0.109. The van der Waals surface area contributed by atoms with Crippen molar-refractivity contribution < 1.29 is 4.79 Å². The van der Waals surface area contributed by atoms with E-state index < -0.39 is 0 Å². The van der Waals surface area contributed by atoms with Gasteiger partial charge in [0.15, 0.2) is 0 Å². The van der Waals surface area contributed by atoms with Crippen LogP contribution in [0.15, 0.2) is 12.2 Å². The number of hydrogen-bond acceptors (Lipinski definition) is 2. The molecule has 80 valence electrons. The van der Waals surface area contributed by atoms with Crippen molar-refractivity contribution in [2.24, 2.45) is 0 Å². The summed E-state index contributed by atoms with van der Waals surface area (Å²) in [6.45, 7) is 6.83. The highest BCUT2D eigenvalue weighted by atomic mass is 16.1. The largest absolute Gasteiger partial charge is 0.352 e. The lowest BCUT2D eigenvalue weighted by molar-refractivity contribution is -0.120. The number of nitrogens with one attached hydrogen (secondary N) is 2. The molecule has 0 saturated heterocycles. The molecule has 1 amide bonds. The fourth-order valence-electron chi connectivity index (χ4n) is 1.74. The number of hydrogen-bond donors (Lipinski definition) is 2. The third-order valence-corrected chi connectivity index (χ3v) is 2.43. The van der Waals surface area contributed by atoms with Gasteiger partial charge in [0, 0.05) is 12.6 Å². The summed E-state index contributed by atoms with van der Waals surface area (Å²) in [5.74, 6) is 0.109. The van der Waals surface area contributed by atoms with Crippen molar-refractivity contribution in [1.29, 1.82) is 0 Å². The van der Waals surface area contributed by atoms with Crippen molar-refractivity contribution in [3.8, 4) is 0 Å². The first-order valence-corrected chi connectivity index (χ1v) is 5.33. The van der Waals surface area contributed by atoms with E-state index >= 15 is 0 Å². The van der Waals surface area contributed by atoms with Crippen molar-refractivity contribution in [3.63, 3.8) is 0 Å². The van der Waals surface area contributed by atoms with E-state index in [2.05, 4.69) is 17.2 Å². The molecule has 1 aliphatic rings. The van der Waals surface area contributed by atoms with Crippen LogP contribution in [-0.2, 0) is 4.79 Å². The fourth-order valence-corrected chi connectivity index (χ4v) is 1.74. The Kier molecular flexibility index (Phi) is 4.66. The molecule has 0 heterocycles. The third-order valence-electron chi connectivity index (χ3n) is 2.43. The average Bonchev–Trinajstić information content (AvgIpc) is 2.56. The second-order valence-electron chi connectivity index (χ2n) is 4.11. The predicted molar refractivity (Wildman–Crippen MR) is 58.1 cm³/mol. The lowest BCUT2D eigenvalue weighted by Gasteiger charge is -2.12.